The van der Waals surface area contributed by atoms with Crippen LogP contribution in [0, 0.1) is 0 Å². The molecule has 140 valence electrons. The fourth-order valence-corrected chi connectivity index (χ4v) is 3.77. The number of sulfone groups is 1. The average Bonchev–Trinajstić information content (AvgIpc) is 3.06. The van der Waals surface area contributed by atoms with Gasteiger partial charge in [-0.15, -0.1) is 0 Å². The lowest BCUT2D eigenvalue weighted by Gasteiger charge is -2.22. The normalized spacial score (nSPS) is 12.9. The molecule has 2 heterocycles. The fourth-order valence-electron chi connectivity index (χ4n) is 3.14. The highest BCUT2D eigenvalue weighted by molar-refractivity contribution is 7.90. The first-order chi connectivity index (χ1) is 12.9. The van der Waals surface area contributed by atoms with Crippen molar-refractivity contribution in [2.75, 3.05) is 13.4 Å². The van der Waals surface area contributed by atoms with Crippen LogP contribution in [0.5, 0.6) is 11.5 Å². The number of hydrogen-bond donors (Lipinski definition) is 1. The monoisotopic (exact) mass is 386 g/mol. The predicted octanol–water partition coefficient (Wildman–Crippen LogP) is 2.34. The lowest BCUT2D eigenvalue weighted by atomic mass is 10.2. The van der Waals surface area contributed by atoms with Gasteiger partial charge in [0.15, 0.2) is 9.84 Å². The van der Waals surface area contributed by atoms with Crippen molar-refractivity contribution in [2.45, 2.75) is 18.1 Å². The number of imidazole rings is 1. The number of nitrogens with zero attached hydrogens (tertiary/aromatic N) is 2. The van der Waals surface area contributed by atoms with Crippen molar-refractivity contribution in [1.82, 2.24) is 9.55 Å². The maximum atomic E-state index is 11.8. The number of hydrogen-bond acceptors (Lipinski definition) is 6. The van der Waals surface area contributed by atoms with E-state index in [1.165, 1.54) is 6.07 Å². The van der Waals surface area contributed by atoms with Crippen LogP contribution in [0.3, 0.4) is 0 Å². The zero-order valence-electron chi connectivity index (χ0n) is 14.8. The Bertz CT molecular complexity index is 1120. The van der Waals surface area contributed by atoms with E-state index in [2.05, 4.69) is 4.98 Å². The summed E-state index contributed by atoms with van der Waals surface area (Å²) in [5.74, 6) is 1.84. The Labute approximate surface area is 156 Å². The molecule has 0 spiro atoms. The van der Waals surface area contributed by atoms with Gasteiger partial charge in [0.1, 0.15) is 23.9 Å². The summed E-state index contributed by atoms with van der Waals surface area (Å²) >= 11 is 0. The smallest absolute Gasteiger partial charge is 0.175 e. The summed E-state index contributed by atoms with van der Waals surface area (Å²) in [7, 11) is -1.74. The third-order valence-corrected chi connectivity index (χ3v) is 5.63. The summed E-state index contributed by atoms with van der Waals surface area (Å²) in [6, 6.07) is 12.2. The molecule has 1 aliphatic rings. The van der Waals surface area contributed by atoms with Crippen LogP contribution in [0.4, 0.5) is 0 Å². The largest absolute Gasteiger partial charge is 0.497 e. The van der Waals surface area contributed by atoms with Crippen LogP contribution in [0.2, 0.25) is 0 Å². The maximum absolute atomic E-state index is 11.8. The number of aliphatic hydroxyl groups is 1. The van der Waals surface area contributed by atoms with Gasteiger partial charge in [0.2, 0.25) is 0 Å². The number of aliphatic hydroxyl groups excluding tert-OH is 1. The zero-order valence-corrected chi connectivity index (χ0v) is 15.7. The lowest BCUT2D eigenvalue weighted by molar-refractivity contribution is 0.257. The molecule has 1 aromatic heterocycles. The van der Waals surface area contributed by atoms with Gasteiger partial charge in [-0.25, -0.2) is 13.4 Å². The molecule has 2 aromatic carbocycles. The molecule has 1 N–H and O–H groups in total. The van der Waals surface area contributed by atoms with Crippen molar-refractivity contribution in [3.05, 3.63) is 53.9 Å². The number of ether oxygens (including phenoxy) is 2. The van der Waals surface area contributed by atoms with Gasteiger partial charge in [0.25, 0.3) is 0 Å². The van der Waals surface area contributed by atoms with E-state index in [0.717, 1.165) is 23.3 Å². The van der Waals surface area contributed by atoms with E-state index in [-0.39, 0.29) is 18.1 Å². The van der Waals surface area contributed by atoms with E-state index in [0.29, 0.717) is 23.0 Å². The van der Waals surface area contributed by atoms with Crippen molar-refractivity contribution < 1.29 is 23.0 Å². The molecule has 0 radical (unpaired) electrons. The SMILES string of the molecule is COc1ccc(-c2nc(CO)c3n2-c2ccc(S(C)(=O)=O)cc2OC3)cc1. The highest BCUT2D eigenvalue weighted by Crippen LogP contribution is 2.37. The van der Waals surface area contributed by atoms with Crippen LogP contribution in [-0.2, 0) is 23.1 Å². The van der Waals surface area contributed by atoms with Gasteiger partial charge in [0.05, 0.1) is 35.7 Å². The Morgan fingerprint density at radius 1 is 1.22 bits per heavy atom. The van der Waals surface area contributed by atoms with Gasteiger partial charge in [-0.1, -0.05) is 0 Å². The molecule has 0 amide bonds. The van der Waals surface area contributed by atoms with E-state index in [9.17, 15) is 13.5 Å². The van der Waals surface area contributed by atoms with Crippen molar-refractivity contribution >= 4 is 9.84 Å². The first-order valence-electron chi connectivity index (χ1n) is 8.25. The number of aromatic nitrogens is 2. The van der Waals surface area contributed by atoms with E-state index in [1.54, 1.807) is 19.2 Å². The minimum atomic E-state index is -3.34. The van der Waals surface area contributed by atoms with Crippen LogP contribution in [0.15, 0.2) is 47.4 Å². The van der Waals surface area contributed by atoms with Crippen LogP contribution < -0.4 is 9.47 Å². The maximum Gasteiger partial charge on any atom is 0.175 e. The summed E-state index contributed by atoms with van der Waals surface area (Å²) in [5.41, 5.74) is 2.79. The zero-order chi connectivity index (χ0) is 19.2. The molecule has 3 aromatic rings. The first kappa shape index (κ1) is 17.6. The van der Waals surface area contributed by atoms with Gasteiger partial charge in [0, 0.05) is 17.9 Å². The molecule has 1 aliphatic heterocycles. The summed E-state index contributed by atoms with van der Waals surface area (Å²) in [5, 5.41) is 9.70. The molecule has 7 nitrogen and oxygen atoms in total. The number of rotatable bonds is 4. The van der Waals surface area contributed by atoms with Gasteiger partial charge in [-0.3, -0.25) is 4.57 Å². The van der Waals surface area contributed by atoms with E-state index < -0.39 is 9.84 Å². The van der Waals surface area contributed by atoms with Crippen molar-refractivity contribution in [3.63, 3.8) is 0 Å². The van der Waals surface area contributed by atoms with Crippen LogP contribution in [0.1, 0.15) is 11.4 Å². The third kappa shape index (κ3) is 2.96. The van der Waals surface area contributed by atoms with Gasteiger partial charge in [-0.05, 0) is 36.4 Å². The van der Waals surface area contributed by atoms with Crippen molar-refractivity contribution in [2.24, 2.45) is 0 Å². The molecule has 27 heavy (non-hydrogen) atoms. The standard InChI is InChI=1S/C19H18N2O5S/c1-25-13-5-3-12(4-6-13)19-20-15(10-22)17-11-26-18-9-14(27(2,23)24)7-8-16(18)21(17)19/h3-9,22H,10-11H2,1-2H3. The third-order valence-electron chi connectivity index (χ3n) is 4.52. The fraction of sp³-hybridized carbons (Fsp3) is 0.211. The summed E-state index contributed by atoms with van der Waals surface area (Å²) < 4.78 is 36.5. The average molecular weight is 386 g/mol. The molecule has 0 saturated carbocycles. The number of methoxy groups -OCH3 is 1. The minimum absolute atomic E-state index is 0.193. The lowest BCUT2D eigenvalue weighted by Crippen LogP contribution is -2.15. The number of benzene rings is 2. The predicted molar refractivity (Wildman–Crippen MR) is 98.9 cm³/mol. The van der Waals surface area contributed by atoms with Crippen molar-refractivity contribution in [1.29, 1.82) is 0 Å². The highest BCUT2D eigenvalue weighted by atomic mass is 32.2. The second-order valence-corrected chi connectivity index (χ2v) is 8.26. The summed E-state index contributed by atoms with van der Waals surface area (Å²) in [6.07, 6.45) is 1.16. The Kier molecular flexibility index (Phi) is 4.16. The molecule has 8 heteroatoms. The summed E-state index contributed by atoms with van der Waals surface area (Å²) in [6.45, 7) is -0.0229. The molecule has 0 saturated heterocycles. The molecule has 0 fully saturated rings. The Morgan fingerprint density at radius 3 is 2.59 bits per heavy atom. The van der Waals surface area contributed by atoms with Gasteiger partial charge >= 0.3 is 0 Å². The molecular formula is C19H18N2O5S. The topological polar surface area (TPSA) is 90.6 Å². The molecule has 0 unspecified atom stereocenters. The molecular weight excluding hydrogens is 368 g/mol. The van der Waals surface area contributed by atoms with Gasteiger partial charge < -0.3 is 14.6 Å². The Hall–Kier alpha value is -2.84. The van der Waals surface area contributed by atoms with Crippen LogP contribution in [0.25, 0.3) is 17.1 Å². The Balaban J connectivity index is 1.91. The molecule has 4 rings (SSSR count). The first-order valence-corrected chi connectivity index (χ1v) is 10.1. The highest BCUT2D eigenvalue weighted by Gasteiger charge is 2.26. The van der Waals surface area contributed by atoms with Crippen molar-refractivity contribution in [3.8, 4) is 28.6 Å². The van der Waals surface area contributed by atoms with Crippen LogP contribution in [-0.4, -0.2) is 36.4 Å². The molecule has 0 aliphatic carbocycles. The van der Waals surface area contributed by atoms with E-state index in [4.69, 9.17) is 9.47 Å². The van der Waals surface area contributed by atoms with Crippen LogP contribution >= 0.6 is 0 Å². The van der Waals surface area contributed by atoms with E-state index in [1.807, 2.05) is 28.8 Å². The van der Waals surface area contributed by atoms with Gasteiger partial charge in [-0.2, -0.15) is 0 Å². The quantitative estimate of drug-likeness (QED) is 0.740. The van der Waals surface area contributed by atoms with E-state index >= 15 is 0 Å². The summed E-state index contributed by atoms with van der Waals surface area (Å²) in [4.78, 5) is 4.77. The second kappa shape index (κ2) is 6.40. The number of fused-ring (bicyclic) bond motifs is 3. The Morgan fingerprint density at radius 2 is 1.96 bits per heavy atom. The molecule has 0 atom stereocenters. The minimum Gasteiger partial charge on any atom is -0.497 e. The molecule has 0 bridgehead atoms. The second-order valence-electron chi connectivity index (χ2n) is 6.24.